The number of carbonyl (C=O) groups is 1. The first-order valence-electron chi connectivity index (χ1n) is 4.54. The van der Waals surface area contributed by atoms with Crippen molar-refractivity contribution in [2.24, 2.45) is 5.92 Å². The van der Waals surface area contributed by atoms with E-state index in [1.165, 1.54) is 0 Å². The maximum Gasteiger partial charge on any atom is 0.135 e. The summed E-state index contributed by atoms with van der Waals surface area (Å²) >= 11 is 0. The number of rotatable bonds is 2. The molecule has 0 radical (unpaired) electrons. The van der Waals surface area contributed by atoms with Gasteiger partial charge >= 0.3 is 0 Å². The summed E-state index contributed by atoms with van der Waals surface area (Å²) in [6, 6.07) is 0. The van der Waals surface area contributed by atoms with Crippen LogP contribution in [-0.2, 0) is 4.79 Å². The van der Waals surface area contributed by atoms with E-state index in [4.69, 9.17) is 0 Å². The van der Waals surface area contributed by atoms with Gasteiger partial charge in [0.05, 0.1) is 6.10 Å². The van der Waals surface area contributed by atoms with Gasteiger partial charge < -0.3 is 5.11 Å². The van der Waals surface area contributed by atoms with Crippen molar-refractivity contribution < 1.29 is 9.90 Å². The molecule has 0 spiro atoms. The number of hydrogen-bond acceptors (Lipinski definition) is 2. The van der Waals surface area contributed by atoms with Gasteiger partial charge in [-0.05, 0) is 25.2 Å². The van der Waals surface area contributed by atoms with Crippen molar-refractivity contribution in [3.05, 3.63) is 12.7 Å². The smallest absolute Gasteiger partial charge is 0.135 e. The lowest BCUT2D eigenvalue weighted by atomic mass is 9.94. The second kappa shape index (κ2) is 4.41. The van der Waals surface area contributed by atoms with E-state index in [0.717, 1.165) is 19.3 Å². The number of ketones is 1. The highest BCUT2D eigenvalue weighted by molar-refractivity contribution is 5.79. The highest BCUT2D eigenvalue weighted by Gasteiger charge is 2.23. The van der Waals surface area contributed by atoms with Crippen molar-refractivity contribution in [3.63, 3.8) is 0 Å². The predicted molar refractivity (Wildman–Crippen MR) is 47.8 cm³/mol. The van der Waals surface area contributed by atoms with Gasteiger partial charge in [0.2, 0.25) is 0 Å². The molecule has 0 aromatic rings. The first-order valence-corrected chi connectivity index (χ1v) is 4.54. The molecule has 1 aliphatic carbocycles. The van der Waals surface area contributed by atoms with Gasteiger partial charge in [-0.25, -0.2) is 0 Å². The van der Waals surface area contributed by atoms with Crippen LogP contribution in [0.2, 0.25) is 0 Å². The van der Waals surface area contributed by atoms with E-state index in [-0.39, 0.29) is 11.7 Å². The fraction of sp³-hybridized carbons (Fsp3) is 0.700. The summed E-state index contributed by atoms with van der Waals surface area (Å²) in [7, 11) is 0. The standard InChI is InChI=1S/C10H16O2/c1-2-4-8-5-3-6-9(11)7-10(8)12/h2,8,10,12H,1,3-7H2/t8-,10-/m1/s1. The molecule has 0 aromatic heterocycles. The molecule has 1 fully saturated rings. The number of aliphatic hydroxyl groups excluding tert-OH is 1. The summed E-state index contributed by atoms with van der Waals surface area (Å²) in [6.45, 7) is 3.64. The van der Waals surface area contributed by atoms with Crippen LogP contribution >= 0.6 is 0 Å². The summed E-state index contributed by atoms with van der Waals surface area (Å²) in [4.78, 5) is 11.1. The molecule has 0 bridgehead atoms. The van der Waals surface area contributed by atoms with Crippen LogP contribution in [0.3, 0.4) is 0 Å². The molecule has 1 rings (SSSR count). The molecule has 1 aliphatic rings. The Kier molecular flexibility index (Phi) is 3.48. The molecule has 68 valence electrons. The fourth-order valence-corrected chi connectivity index (χ4v) is 1.74. The average Bonchev–Trinajstić information content (AvgIpc) is 2.15. The lowest BCUT2D eigenvalue weighted by molar-refractivity contribution is -0.120. The normalized spacial score (nSPS) is 31.2. The lowest BCUT2D eigenvalue weighted by Crippen LogP contribution is -2.20. The first-order chi connectivity index (χ1) is 5.74. The molecule has 2 nitrogen and oxygen atoms in total. The maximum absolute atomic E-state index is 11.1. The SMILES string of the molecule is C=CC[C@@H]1CCCC(=O)C[C@H]1O. The molecular formula is C10H16O2. The van der Waals surface area contributed by atoms with E-state index < -0.39 is 6.10 Å². The Morgan fingerprint density at radius 1 is 1.67 bits per heavy atom. The van der Waals surface area contributed by atoms with Crippen LogP contribution < -0.4 is 0 Å². The summed E-state index contributed by atoms with van der Waals surface area (Å²) in [5.41, 5.74) is 0. The second-order valence-electron chi connectivity index (χ2n) is 3.49. The summed E-state index contributed by atoms with van der Waals surface area (Å²) in [6.07, 6.45) is 5.09. The van der Waals surface area contributed by atoms with E-state index >= 15 is 0 Å². The van der Waals surface area contributed by atoms with Crippen molar-refractivity contribution >= 4 is 5.78 Å². The highest BCUT2D eigenvalue weighted by atomic mass is 16.3. The largest absolute Gasteiger partial charge is 0.392 e. The zero-order valence-electron chi connectivity index (χ0n) is 7.33. The molecule has 12 heavy (non-hydrogen) atoms. The van der Waals surface area contributed by atoms with Crippen molar-refractivity contribution in [2.45, 2.75) is 38.2 Å². The third kappa shape index (κ3) is 2.45. The average molecular weight is 168 g/mol. The zero-order valence-corrected chi connectivity index (χ0v) is 7.33. The molecular weight excluding hydrogens is 152 g/mol. The number of hydrogen-bond donors (Lipinski definition) is 1. The first kappa shape index (κ1) is 9.46. The van der Waals surface area contributed by atoms with Crippen LogP contribution in [0.1, 0.15) is 32.1 Å². The third-order valence-electron chi connectivity index (χ3n) is 2.48. The monoisotopic (exact) mass is 168 g/mol. The van der Waals surface area contributed by atoms with Gasteiger partial charge in [-0.2, -0.15) is 0 Å². The van der Waals surface area contributed by atoms with E-state index in [0.29, 0.717) is 12.8 Å². The van der Waals surface area contributed by atoms with Crippen LogP contribution in [0.15, 0.2) is 12.7 Å². The molecule has 2 atom stereocenters. The lowest BCUT2D eigenvalue weighted by Gasteiger charge is -2.17. The van der Waals surface area contributed by atoms with Crippen LogP contribution in [-0.4, -0.2) is 17.0 Å². The Morgan fingerprint density at radius 2 is 2.42 bits per heavy atom. The Hall–Kier alpha value is -0.630. The van der Waals surface area contributed by atoms with Gasteiger partial charge in [0.1, 0.15) is 5.78 Å². The van der Waals surface area contributed by atoms with Crippen molar-refractivity contribution in [2.75, 3.05) is 0 Å². The Balaban J connectivity index is 2.50. The topological polar surface area (TPSA) is 37.3 Å². The number of Topliss-reactive ketones (excluding diaryl/α,β-unsaturated/α-hetero) is 1. The molecule has 0 unspecified atom stereocenters. The second-order valence-corrected chi connectivity index (χ2v) is 3.49. The highest BCUT2D eigenvalue weighted by Crippen LogP contribution is 2.24. The molecule has 0 amide bonds. The van der Waals surface area contributed by atoms with Gasteiger partial charge in [0.15, 0.2) is 0 Å². The van der Waals surface area contributed by atoms with Crippen LogP contribution in [0.5, 0.6) is 0 Å². The van der Waals surface area contributed by atoms with Crippen molar-refractivity contribution in [1.82, 2.24) is 0 Å². The molecule has 0 aromatic carbocycles. The third-order valence-corrected chi connectivity index (χ3v) is 2.48. The van der Waals surface area contributed by atoms with E-state index in [1.807, 2.05) is 6.08 Å². The molecule has 2 heteroatoms. The summed E-state index contributed by atoms with van der Waals surface area (Å²) < 4.78 is 0. The maximum atomic E-state index is 11.1. The minimum absolute atomic E-state index is 0.203. The zero-order chi connectivity index (χ0) is 8.97. The van der Waals surface area contributed by atoms with E-state index in [9.17, 15) is 9.90 Å². The minimum Gasteiger partial charge on any atom is -0.392 e. The van der Waals surface area contributed by atoms with E-state index in [1.54, 1.807) is 0 Å². The summed E-state index contributed by atoms with van der Waals surface area (Å²) in [5, 5.41) is 9.58. The Labute approximate surface area is 73.3 Å². The predicted octanol–water partition coefficient (Wildman–Crippen LogP) is 1.68. The molecule has 1 saturated carbocycles. The van der Waals surface area contributed by atoms with Crippen LogP contribution in [0.4, 0.5) is 0 Å². The van der Waals surface area contributed by atoms with Crippen molar-refractivity contribution in [3.8, 4) is 0 Å². The number of carbonyl (C=O) groups excluding carboxylic acids is 1. The van der Waals surface area contributed by atoms with Crippen molar-refractivity contribution in [1.29, 1.82) is 0 Å². The van der Waals surface area contributed by atoms with E-state index in [2.05, 4.69) is 6.58 Å². The minimum atomic E-state index is -0.432. The van der Waals surface area contributed by atoms with Crippen LogP contribution in [0, 0.1) is 5.92 Å². The quantitative estimate of drug-likeness (QED) is 0.503. The molecule has 1 N–H and O–H groups in total. The molecule has 0 aliphatic heterocycles. The number of allylic oxidation sites excluding steroid dienone is 1. The Bertz CT molecular complexity index is 175. The fourth-order valence-electron chi connectivity index (χ4n) is 1.74. The van der Waals surface area contributed by atoms with Gasteiger partial charge in [-0.1, -0.05) is 6.08 Å². The Morgan fingerprint density at radius 3 is 3.08 bits per heavy atom. The van der Waals surface area contributed by atoms with Gasteiger partial charge in [-0.15, -0.1) is 6.58 Å². The van der Waals surface area contributed by atoms with Gasteiger partial charge in [0.25, 0.3) is 0 Å². The summed E-state index contributed by atoms with van der Waals surface area (Å²) in [5.74, 6) is 0.461. The number of aliphatic hydroxyl groups is 1. The van der Waals surface area contributed by atoms with Gasteiger partial charge in [-0.3, -0.25) is 4.79 Å². The molecule has 0 heterocycles. The van der Waals surface area contributed by atoms with Crippen LogP contribution in [0.25, 0.3) is 0 Å². The molecule has 0 saturated heterocycles. The van der Waals surface area contributed by atoms with Gasteiger partial charge in [0, 0.05) is 12.8 Å².